The van der Waals surface area contributed by atoms with Gasteiger partial charge in [0.25, 0.3) is 0 Å². The topological polar surface area (TPSA) is 105 Å². The number of amides is 3. The van der Waals surface area contributed by atoms with Crippen LogP contribution >= 0.6 is 23.1 Å². The molecule has 0 bridgehead atoms. The number of halogens is 1. The molecule has 8 nitrogen and oxygen atoms in total. The Morgan fingerprint density at radius 1 is 1.07 bits per heavy atom. The Balaban J connectivity index is 1.47. The second kappa shape index (κ2) is 10.6. The summed E-state index contributed by atoms with van der Waals surface area (Å²) >= 11 is 2.34. The highest BCUT2D eigenvalue weighted by atomic mass is 32.2. The number of nitrogens with one attached hydrogen (secondary N) is 3. The zero-order valence-electron chi connectivity index (χ0n) is 15.8. The Hall–Kier alpha value is -3.18. The average molecular weight is 448 g/mol. The number of nitrogens with zero attached hydrogens (tertiary/aromatic N) is 2. The summed E-state index contributed by atoms with van der Waals surface area (Å²) in [5.41, 5.74) is 1.04. The Kier molecular flexibility index (Phi) is 7.57. The number of hydrogen-bond acceptors (Lipinski definition) is 7. The second-order valence-corrected chi connectivity index (χ2v) is 7.93. The van der Waals surface area contributed by atoms with Gasteiger partial charge in [0.2, 0.25) is 11.0 Å². The lowest BCUT2D eigenvalue weighted by molar-refractivity contribution is -0.113. The van der Waals surface area contributed by atoms with E-state index in [1.54, 1.807) is 12.1 Å². The molecule has 0 saturated heterocycles. The first-order valence-electron chi connectivity index (χ1n) is 8.85. The standard InChI is InChI=1S/C19H18FN5O3S2/c1-2-28-15-6-4-3-5-14(15)22-16(26)11-29-19-25-24-18(30-19)23-17(27)21-13-9-7-12(20)8-10-13/h3-10H,2,11H2,1H3,(H,22,26)(H2,21,23,24,27). The number of carbonyl (C=O) groups excluding carboxylic acids is 2. The van der Waals surface area contributed by atoms with E-state index in [1.165, 1.54) is 36.0 Å². The molecule has 3 N–H and O–H groups in total. The molecule has 3 rings (SSSR count). The number of benzene rings is 2. The maximum absolute atomic E-state index is 12.9. The Bertz CT molecular complexity index is 1010. The highest BCUT2D eigenvalue weighted by Gasteiger charge is 2.12. The molecule has 0 spiro atoms. The fraction of sp³-hybridized carbons (Fsp3) is 0.158. The van der Waals surface area contributed by atoms with Gasteiger partial charge in [0.15, 0.2) is 4.34 Å². The van der Waals surface area contributed by atoms with E-state index in [0.717, 1.165) is 11.3 Å². The second-order valence-electron chi connectivity index (χ2n) is 5.73. The van der Waals surface area contributed by atoms with Crippen LogP contribution in [-0.4, -0.2) is 34.5 Å². The van der Waals surface area contributed by atoms with Crippen LogP contribution in [0.3, 0.4) is 0 Å². The van der Waals surface area contributed by atoms with Crippen LogP contribution in [0.15, 0.2) is 52.9 Å². The van der Waals surface area contributed by atoms with E-state index in [4.69, 9.17) is 4.74 Å². The van der Waals surface area contributed by atoms with Crippen LogP contribution in [0, 0.1) is 5.82 Å². The normalized spacial score (nSPS) is 10.3. The van der Waals surface area contributed by atoms with Gasteiger partial charge in [-0.25, -0.2) is 9.18 Å². The molecule has 156 valence electrons. The quantitative estimate of drug-likeness (QED) is 0.348. The Morgan fingerprint density at radius 3 is 2.60 bits per heavy atom. The summed E-state index contributed by atoms with van der Waals surface area (Å²) in [4.78, 5) is 24.2. The van der Waals surface area contributed by atoms with Crippen molar-refractivity contribution >= 4 is 51.5 Å². The van der Waals surface area contributed by atoms with Gasteiger partial charge in [0, 0.05) is 5.69 Å². The molecule has 3 aromatic rings. The Morgan fingerprint density at radius 2 is 1.83 bits per heavy atom. The molecule has 0 aliphatic rings. The molecule has 0 unspecified atom stereocenters. The number of hydrogen-bond donors (Lipinski definition) is 3. The average Bonchev–Trinajstić information content (AvgIpc) is 3.17. The van der Waals surface area contributed by atoms with E-state index in [1.807, 2.05) is 19.1 Å². The van der Waals surface area contributed by atoms with Crippen LogP contribution in [0.1, 0.15) is 6.92 Å². The summed E-state index contributed by atoms with van der Waals surface area (Å²) < 4.78 is 18.9. The van der Waals surface area contributed by atoms with Gasteiger partial charge in [0.1, 0.15) is 11.6 Å². The molecule has 0 aliphatic heterocycles. The summed E-state index contributed by atoms with van der Waals surface area (Å²) in [5, 5.41) is 16.0. The lowest BCUT2D eigenvalue weighted by Crippen LogP contribution is -2.19. The molecule has 11 heteroatoms. The molecule has 30 heavy (non-hydrogen) atoms. The van der Waals surface area contributed by atoms with Gasteiger partial charge >= 0.3 is 6.03 Å². The molecule has 0 fully saturated rings. The van der Waals surface area contributed by atoms with Crippen molar-refractivity contribution in [2.45, 2.75) is 11.3 Å². The maximum atomic E-state index is 12.9. The summed E-state index contributed by atoms with van der Waals surface area (Å²) in [5.74, 6) is 0.118. The van der Waals surface area contributed by atoms with Gasteiger partial charge in [-0.05, 0) is 43.3 Å². The molecular weight excluding hydrogens is 429 g/mol. The van der Waals surface area contributed by atoms with Crippen LogP contribution in [0.5, 0.6) is 5.75 Å². The highest BCUT2D eigenvalue weighted by molar-refractivity contribution is 8.01. The minimum Gasteiger partial charge on any atom is -0.492 e. The van der Waals surface area contributed by atoms with Crippen LogP contribution in [-0.2, 0) is 4.79 Å². The third-order valence-electron chi connectivity index (χ3n) is 3.52. The third kappa shape index (κ3) is 6.42. The number of anilines is 3. The van der Waals surface area contributed by atoms with E-state index >= 15 is 0 Å². The van der Waals surface area contributed by atoms with Crippen LogP contribution < -0.4 is 20.7 Å². The molecule has 0 aliphatic carbocycles. The van der Waals surface area contributed by atoms with E-state index in [9.17, 15) is 14.0 Å². The predicted molar refractivity (Wildman–Crippen MR) is 116 cm³/mol. The van der Waals surface area contributed by atoms with E-state index in [2.05, 4.69) is 26.1 Å². The molecule has 0 radical (unpaired) electrons. The number of carbonyl (C=O) groups is 2. The predicted octanol–water partition coefficient (Wildman–Crippen LogP) is 4.45. The molecular formula is C19H18FN5O3S2. The number of urea groups is 1. The minimum atomic E-state index is -0.528. The van der Waals surface area contributed by atoms with Gasteiger partial charge in [-0.2, -0.15) is 0 Å². The fourth-order valence-electron chi connectivity index (χ4n) is 2.28. The van der Waals surface area contributed by atoms with Crippen molar-refractivity contribution in [2.24, 2.45) is 0 Å². The first kappa shape index (κ1) is 21.5. The van der Waals surface area contributed by atoms with Crippen molar-refractivity contribution in [1.29, 1.82) is 0 Å². The third-order valence-corrected chi connectivity index (χ3v) is 5.49. The zero-order chi connectivity index (χ0) is 21.3. The van der Waals surface area contributed by atoms with E-state index in [0.29, 0.717) is 28.1 Å². The molecule has 2 aromatic carbocycles. The lowest BCUT2D eigenvalue weighted by atomic mass is 10.3. The van der Waals surface area contributed by atoms with Crippen LogP contribution in [0.2, 0.25) is 0 Å². The molecule has 0 saturated carbocycles. The largest absolute Gasteiger partial charge is 0.492 e. The summed E-state index contributed by atoms with van der Waals surface area (Å²) in [6.07, 6.45) is 0. The fourth-order valence-corrected chi connectivity index (χ4v) is 3.82. The van der Waals surface area contributed by atoms with Crippen molar-refractivity contribution in [2.75, 3.05) is 28.3 Å². The number of rotatable bonds is 8. The summed E-state index contributed by atoms with van der Waals surface area (Å²) in [7, 11) is 0. The number of thioether (sulfide) groups is 1. The van der Waals surface area contributed by atoms with Crippen molar-refractivity contribution < 1.29 is 18.7 Å². The summed E-state index contributed by atoms with van der Waals surface area (Å²) in [6.45, 7) is 2.37. The number of para-hydroxylation sites is 2. The van der Waals surface area contributed by atoms with Crippen molar-refractivity contribution in [3.05, 3.63) is 54.3 Å². The first-order chi connectivity index (χ1) is 14.5. The minimum absolute atomic E-state index is 0.122. The van der Waals surface area contributed by atoms with E-state index in [-0.39, 0.29) is 16.8 Å². The van der Waals surface area contributed by atoms with Crippen molar-refractivity contribution in [3.63, 3.8) is 0 Å². The molecule has 0 atom stereocenters. The highest BCUT2D eigenvalue weighted by Crippen LogP contribution is 2.27. The molecule has 1 heterocycles. The summed E-state index contributed by atoms with van der Waals surface area (Å²) in [6, 6.07) is 12.0. The SMILES string of the molecule is CCOc1ccccc1NC(=O)CSc1nnc(NC(=O)Nc2ccc(F)cc2)s1. The number of aromatic nitrogens is 2. The maximum Gasteiger partial charge on any atom is 0.325 e. The number of ether oxygens (including phenoxy) is 1. The van der Waals surface area contributed by atoms with Gasteiger partial charge in [-0.15, -0.1) is 10.2 Å². The molecule has 1 aromatic heterocycles. The first-order valence-corrected chi connectivity index (χ1v) is 10.6. The van der Waals surface area contributed by atoms with Gasteiger partial charge in [-0.3, -0.25) is 10.1 Å². The van der Waals surface area contributed by atoms with Crippen LogP contribution in [0.25, 0.3) is 0 Å². The monoisotopic (exact) mass is 447 g/mol. The van der Waals surface area contributed by atoms with Gasteiger partial charge in [-0.1, -0.05) is 35.2 Å². The lowest BCUT2D eigenvalue weighted by Gasteiger charge is -2.10. The van der Waals surface area contributed by atoms with Gasteiger partial charge in [0.05, 0.1) is 18.0 Å². The molecule has 3 amide bonds. The van der Waals surface area contributed by atoms with E-state index < -0.39 is 11.8 Å². The van der Waals surface area contributed by atoms with Crippen LogP contribution in [0.4, 0.5) is 25.7 Å². The zero-order valence-corrected chi connectivity index (χ0v) is 17.5. The van der Waals surface area contributed by atoms with Crippen molar-refractivity contribution in [1.82, 2.24) is 10.2 Å². The van der Waals surface area contributed by atoms with Gasteiger partial charge < -0.3 is 15.4 Å². The van der Waals surface area contributed by atoms with Crippen molar-refractivity contribution in [3.8, 4) is 5.75 Å². The smallest absolute Gasteiger partial charge is 0.325 e. The Labute approximate surface area is 180 Å².